The first-order valence-corrected chi connectivity index (χ1v) is 8.63. The Balaban J connectivity index is 1.68. The highest BCUT2D eigenvalue weighted by Crippen LogP contribution is 2.17. The van der Waals surface area contributed by atoms with Crippen molar-refractivity contribution in [2.75, 3.05) is 20.2 Å². The van der Waals surface area contributed by atoms with E-state index in [9.17, 15) is 4.79 Å². The van der Waals surface area contributed by atoms with Crippen molar-refractivity contribution in [3.63, 3.8) is 0 Å². The molecule has 0 saturated carbocycles. The molecule has 26 heavy (non-hydrogen) atoms. The zero-order chi connectivity index (χ0) is 18.5. The van der Waals surface area contributed by atoms with E-state index in [0.717, 1.165) is 13.1 Å². The van der Waals surface area contributed by atoms with Gasteiger partial charge in [-0.15, -0.1) is 0 Å². The third-order valence-electron chi connectivity index (χ3n) is 4.60. The topological polar surface area (TPSA) is 96.9 Å². The first-order chi connectivity index (χ1) is 12.6. The number of likely N-dealkylation sites (tertiary alicyclic amines) is 1. The Morgan fingerprint density at radius 1 is 1.27 bits per heavy atom. The van der Waals surface area contributed by atoms with Crippen molar-refractivity contribution in [1.29, 1.82) is 0 Å². The van der Waals surface area contributed by atoms with Gasteiger partial charge in [-0.1, -0.05) is 0 Å². The van der Waals surface area contributed by atoms with Gasteiger partial charge in [-0.05, 0) is 13.8 Å². The molecule has 9 nitrogen and oxygen atoms in total. The number of nitrogens with one attached hydrogen (secondary N) is 1. The number of methoxy groups -OCH3 is 1. The van der Waals surface area contributed by atoms with Crippen LogP contribution < -0.4 is 5.32 Å². The fourth-order valence-corrected chi connectivity index (χ4v) is 3.07. The lowest BCUT2D eigenvalue weighted by molar-refractivity contribution is 0.0865. The summed E-state index contributed by atoms with van der Waals surface area (Å²) in [5.41, 5.74) is 1.34. The van der Waals surface area contributed by atoms with E-state index in [1.165, 1.54) is 25.3 Å². The van der Waals surface area contributed by atoms with Gasteiger partial charge in [0.25, 0.3) is 0 Å². The summed E-state index contributed by atoms with van der Waals surface area (Å²) in [6, 6.07) is 0.122. The van der Waals surface area contributed by atoms with Gasteiger partial charge in [0.15, 0.2) is 12.8 Å². The van der Waals surface area contributed by atoms with Gasteiger partial charge in [0.1, 0.15) is 12.5 Å². The molecule has 1 N–H and O–H groups in total. The molecule has 3 rings (SSSR count). The molecule has 2 amide bonds. The van der Waals surface area contributed by atoms with Crippen LogP contribution >= 0.6 is 0 Å². The highest BCUT2D eigenvalue weighted by atomic mass is 16.5. The molecule has 2 aromatic rings. The molecule has 0 aliphatic carbocycles. The van der Waals surface area contributed by atoms with Crippen molar-refractivity contribution in [3.8, 4) is 0 Å². The minimum Gasteiger partial charge on any atom is -0.451 e. The molecule has 1 aliphatic rings. The van der Waals surface area contributed by atoms with Crippen LogP contribution in [0.5, 0.6) is 0 Å². The summed E-state index contributed by atoms with van der Waals surface area (Å²) in [5, 5.41) is 3.09. The lowest BCUT2D eigenvalue weighted by Gasteiger charge is -2.25. The molecule has 2 atom stereocenters. The number of ether oxygens (including phenoxy) is 1. The first-order valence-electron chi connectivity index (χ1n) is 8.63. The van der Waals surface area contributed by atoms with E-state index in [4.69, 9.17) is 13.6 Å². The fraction of sp³-hybridized carbons (Fsp3) is 0.588. The first kappa shape index (κ1) is 18.4. The zero-order valence-electron chi connectivity index (χ0n) is 15.3. The summed E-state index contributed by atoms with van der Waals surface area (Å²) in [6.45, 7) is 6.45. The summed E-state index contributed by atoms with van der Waals surface area (Å²) in [5.74, 6) is 0. The number of carbonyl (C=O) groups excluding carboxylic acids is 1. The predicted molar refractivity (Wildman–Crippen MR) is 92.1 cm³/mol. The van der Waals surface area contributed by atoms with Gasteiger partial charge in [-0.2, -0.15) is 0 Å². The summed E-state index contributed by atoms with van der Waals surface area (Å²) < 4.78 is 15.6. The molecule has 2 aromatic heterocycles. The van der Waals surface area contributed by atoms with Crippen LogP contribution in [0.1, 0.15) is 25.2 Å². The molecule has 0 unspecified atom stereocenters. The molecule has 3 heterocycles. The number of aromatic nitrogens is 2. The van der Waals surface area contributed by atoms with Crippen LogP contribution in [0.15, 0.2) is 34.1 Å². The maximum Gasteiger partial charge on any atom is 0.318 e. The fourth-order valence-electron chi connectivity index (χ4n) is 3.07. The average molecular weight is 363 g/mol. The largest absolute Gasteiger partial charge is 0.451 e. The maximum atomic E-state index is 12.9. The number of urea groups is 1. The second-order valence-corrected chi connectivity index (χ2v) is 6.69. The quantitative estimate of drug-likeness (QED) is 0.796. The molecule has 1 aliphatic heterocycles. The number of amides is 2. The zero-order valence-corrected chi connectivity index (χ0v) is 15.3. The number of rotatable bonds is 7. The van der Waals surface area contributed by atoms with Crippen LogP contribution in [-0.4, -0.2) is 64.2 Å². The average Bonchev–Trinajstić information content (AvgIpc) is 3.36. The van der Waals surface area contributed by atoms with Gasteiger partial charge >= 0.3 is 6.03 Å². The van der Waals surface area contributed by atoms with Crippen molar-refractivity contribution in [2.24, 2.45) is 0 Å². The number of nitrogens with zero attached hydrogens (tertiary/aromatic N) is 4. The van der Waals surface area contributed by atoms with Crippen LogP contribution in [0.25, 0.3) is 0 Å². The summed E-state index contributed by atoms with van der Waals surface area (Å²) in [6.07, 6.45) is 5.70. The lowest BCUT2D eigenvalue weighted by Crippen LogP contribution is -2.49. The summed E-state index contributed by atoms with van der Waals surface area (Å²) >= 11 is 0. The Kier molecular flexibility index (Phi) is 5.89. The molecule has 0 bridgehead atoms. The minimum absolute atomic E-state index is 0.0395. The maximum absolute atomic E-state index is 12.9. The molecular weight excluding hydrogens is 338 g/mol. The van der Waals surface area contributed by atoms with E-state index in [1.807, 2.05) is 0 Å². The Hall–Kier alpha value is -2.39. The molecule has 9 heteroatoms. The monoisotopic (exact) mass is 363 g/mol. The van der Waals surface area contributed by atoms with Crippen LogP contribution in [0.3, 0.4) is 0 Å². The smallest absolute Gasteiger partial charge is 0.318 e. The van der Waals surface area contributed by atoms with Crippen molar-refractivity contribution < 1.29 is 18.4 Å². The molecule has 0 spiro atoms. The van der Waals surface area contributed by atoms with E-state index in [1.54, 1.807) is 12.0 Å². The van der Waals surface area contributed by atoms with Crippen molar-refractivity contribution >= 4 is 6.03 Å². The molecule has 142 valence electrons. The van der Waals surface area contributed by atoms with Gasteiger partial charge in [0, 0.05) is 26.2 Å². The molecule has 0 radical (unpaired) electrons. The minimum atomic E-state index is -0.200. The van der Waals surface area contributed by atoms with Crippen molar-refractivity contribution in [2.45, 2.75) is 45.1 Å². The highest BCUT2D eigenvalue weighted by Gasteiger charge is 2.35. The number of hydrogen-bond donors (Lipinski definition) is 1. The summed E-state index contributed by atoms with van der Waals surface area (Å²) in [7, 11) is 1.68. The summed E-state index contributed by atoms with van der Waals surface area (Å²) in [4.78, 5) is 25.0. The normalized spacial score (nSPS) is 20.6. The second kappa shape index (κ2) is 8.33. The Morgan fingerprint density at radius 2 is 1.88 bits per heavy atom. The lowest BCUT2D eigenvalue weighted by atomic mass is 10.2. The van der Waals surface area contributed by atoms with E-state index >= 15 is 0 Å². The third kappa shape index (κ3) is 4.41. The standard InChI is InChI=1S/C17H25N5O4/c1-12(2)21-6-15(16(7-21)24-3)20-17(23)22(4-13-8-25-10-18-13)5-14-9-26-11-19-14/h8-12,15-16H,4-7H2,1-3H3,(H,20,23)/t15-,16-/m0/s1. The van der Waals surface area contributed by atoms with Crippen LogP contribution in [-0.2, 0) is 17.8 Å². The molecule has 0 aromatic carbocycles. The molecular formula is C17H25N5O4. The Bertz CT molecular complexity index is 637. The van der Waals surface area contributed by atoms with Gasteiger partial charge in [-0.25, -0.2) is 14.8 Å². The number of hydrogen-bond acceptors (Lipinski definition) is 7. The molecule has 1 fully saturated rings. The van der Waals surface area contributed by atoms with Gasteiger partial charge in [-0.3, -0.25) is 4.90 Å². The third-order valence-corrected chi connectivity index (χ3v) is 4.60. The van der Waals surface area contributed by atoms with E-state index in [-0.39, 0.29) is 18.2 Å². The Morgan fingerprint density at radius 3 is 2.35 bits per heavy atom. The SMILES string of the molecule is CO[C@H]1CN(C(C)C)C[C@@H]1NC(=O)N(Cc1cocn1)Cc1cocn1. The van der Waals surface area contributed by atoms with Gasteiger partial charge in [0.05, 0.1) is 36.6 Å². The van der Waals surface area contributed by atoms with Crippen LogP contribution in [0.2, 0.25) is 0 Å². The number of oxazole rings is 2. The van der Waals surface area contributed by atoms with E-state index < -0.39 is 0 Å². The Labute approximate surface area is 152 Å². The van der Waals surface area contributed by atoms with Gasteiger partial charge in [0.2, 0.25) is 0 Å². The van der Waals surface area contributed by atoms with Crippen molar-refractivity contribution in [3.05, 3.63) is 36.7 Å². The van der Waals surface area contributed by atoms with Crippen LogP contribution in [0, 0.1) is 0 Å². The van der Waals surface area contributed by atoms with E-state index in [0.29, 0.717) is 30.5 Å². The van der Waals surface area contributed by atoms with E-state index in [2.05, 4.69) is 34.0 Å². The predicted octanol–water partition coefficient (Wildman–Crippen LogP) is 1.48. The van der Waals surface area contributed by atoms with Crippen LogP contribution in [0.4, 0.5) is 4.79 Å². The van der Waals surface area contributed by atoms with Crippen molar-refractivity contribution in [1.82, 2.24) is 25.1 Å². The molecule has 1 saturated heterocycles. The highest BCUT2D eigenvalue weighted by molar-refractivity contribution is 5.74. The van der Waals surface area contributed by atoms with Gasteiger partial charge < -0.3 is 23.8 Å². The number of carbonyl (C=O) groups is 1. The second-order valence-electron chi connectivity index (χ2n) is 6.69.